The predicted molar refractivity (Wildman–Crippen MR) is 120 cm³/mol. The van der Waals surface area contributed by atoms with Crippen molar-refractivity contribution in [3.63, 3.8) is 0 Å². The van der Waals surface area contributed by atoms with Gasteiger partial charge in [0.15, 0.2) is 0 Å². The molecule has 11 nitrogen and oxygen atoms in total. The number of rotatable bonds is 4. The second kappa shape index (κ2) is 24.3. The third-order valence-corrected chi connectivity index (χ3v) is 3.66. The van der Waals surface area contributed by atoms with E-state index in [1.807, 2.05) is 27.7 Å². The number of aromatic nitrogens is 2. The first-order valence-corrected chi connectivity index (χ1v) is 10.1. The van der Waals surface area contributed by atoms with Gasteiger partial charge in [-0.2, -0.15) is 12.6 Å². The van der Waals surface area contributed by atoms with Crippen LogP contribution in [0.4, 0.5) is 16.2 Å². The molecule has 2 aromatic rings. The Balaban J connectivity index is -0.000000187. The van der Waals surface area contributed by atoms with Gasteiger partial charge in [-0.1, -0.05) is 39.3 Å². The van der Waals surface area contributed by atoms with Gasteiger partial charge in [-0.05, 0) is 17.4 Å². The molecule has 172 valence electrons. The van der Waals surface area contributed by atoms with Gasteiger partial charge in [0, 0.05) is 17.6 Å². The topological polar surface area (TPSA) is 172 Å². The molecule has 0 aliphatic carbocycles. The van der Waals surface area contributed by atoms with Crippen LogP contribution in [0.15, 0.2) is 41.8 Å². The van der Waals surface area contributed by atoms with Crippen LogP contribution in [0, 0.1) is 20.2 Å². The van der Waals surface area contributed by atoms with E-state index in [0.717, 1.165) is 6.20 Å². The van der Waals surface area contributed by atoms with Crippen molar-refractivity contribution in [1.82, 2.24) is 9.97 Å². The molecule has 33 heavy (non-hydrogen) atoms. The summed E-state index contributed by atoms with van der Waals surface area (Å²) in [5, 5.41) is 36.9. The van der Waals surface area contributed by atoms with Crippen LogP contribution in [0.3, 0.4) is 0 Å². The van der Waals surface area contributed by atoms with Gasteiger partial charge in [-0.25, -0.2) is 0 Å². The molecule has 0 unspecified atom stereocenters. The molecule has 0 aliphatic heterocycles. The molecule has 0 radical (unpaired) electrons. The van der Waals surface area contributed by atoms with Crippen molar-refractivity contribution in [2.24, 2.45) is 0 Å². The van der Waals surface area contributed by atoms with E-state index in [1.54, 1.807) is 12.3 Å². The van der Waals surface area contributed by atoms with Crippen LogP contribution in [0.1, 0.15) is 27.7 Å². The van der Waals surface area contributed by atoms with Gasteiger partial charge in [0.1, 0.15) is 17.4 Å². The summed E-state index contributed by atoms with van der Waals surface area (Å²) in [6, 6.07) is 3.04. The molecule has 2 heterocycles. The SMILES string of the molecule is CC(C)S.CC(C)Sc1ccncc1[N+](=O)[O-].O=C([O-])O.O=[N+]([O-])c1cnccc1Cl.[K+].[K+]. The van der Waals surface area contributed by atoms with Crippen LogP contribution < -0.4 is 108 Å². The van der Waals surface area contributed by atoms with Crippen molar-refractivity contribution < 1.29 is 128 Å². The Morgan fingerprint density at radius 2 is 1.39 bits per heavy atom. The van der Waals surface area contributed by atoms with E-state index in [-0.39, 0.29) is 119 Å². The molecule has 0 spiro atoms. The van der Waals surface area contributed by atoms with Crippen molar-refractivity contribution in [2.75, 3.05) is 0 Å². The van der Waals surface area contributed by atoms with Crippen molar-refractivity contribution in [1.29, 1.82) is 0 Å². The maximum Gasteiger partial charge on any atom is 1.00 e. The minimum atomic E-state index is -2.08. The minimum Gasteiger partial charge on any atom is -0.565 e. The summed E-state index contributed by atoms with van der Waals surface area (Å²) >= 11 is 10.9. The standard InChI is InChI=1S/C8H10N2O2S.C5H3ClN2O2.C3H8S.CH2O3.2K/c1-6(2)13-8-3-4-9-5-7(8)10(11)12;6-4-1-2-7-3-5(4)8(9)10;1-3(2)4;2-1(3)4;;/h3-6H,1-2H3;1-3H;3-4H,1-2H3;(H2,2,3,4);;/q;;;;2*+1/p-1. The predicted octanol–water partition coefficient (Wildman–Crippen LogP) is -1.65. The molecular weight excluding hydrogens is 550 g/mol. The van der Waals surface area contributed by atoms with Crippen LogP contribution in [0.5, 0.6) is 0 Å². The second-order valence-electron chi connectivity index (χ2n) is 5.71. The molecule has 2 rings (SSSR count). The number of thioether (sulfide) groups is 1. The fourth-order valence-corrected chi connectivity index (χ4v) is 2.44. The Morgan fingerprint density at radius 3 is 1.70 bits per heavy atom. The molecule has 16 heteroatoms. The molecule has 0 aromatic carbocycles. The van der Waals surface area contributed by atoms with E-state index in [0.29, 0.717) is 15.4 Å². The summed E-state index contributed by atoms with van der Waals surface area (Å²) in [7, 11) is 0. The summed E-state index contributed by atoms with van der Waals surface area (Å²) in [6.07, 6.45) is 3.28. The molecule has 2 aromatic heterocycles. The maximum absolute atomic E-state index is 10.6. The Labute approximate surface area is 291 Å². The van der Waals surface area contributed by atoms with Gasteiger partial charge < -0.3 is 15.0 Å². The van der Waals surface area contributed by atoms with Crippen molar-refractivity contribution in [3.05, 3.63) is 62.2 Å². The quantitative estimate of drug-likeness (QED) is 0.142. The molecule has 1 N–H and O–H groups in total. The van der Waals surface area contributed by atoms with E-state index in [2.05, 4.69) is 22.6 Å². The molecule has 0 fully saturated rings. The summed E-state index contributed by atoms with van der Waals surface area (Å²) in [4.78, 5) is 36.1. The third kappa shape index (κ3) is 25.5. The largest absolute Gasteiger partial charge is 1.00 e. The first kappa shape index (κ1) is 40.8. The van der Waals surface area contributed by atoms with E-state index in [4.69, 9.17) is 26.6 Å². The zero-order valence-corrected chi connectivity index (χ0v) is 27.8. The van der Waals surface area contributed by atoms with Crippen LogP contribution in [-0.4, -0.2) is 41.6 Å². The zero-order chi connectivity index (χ0) is 24.6. The second-order valence-corrected chi connectivity index (χ2v) is 8.77. The summed E-state index contributed by atoms with van der Waals surface area (Å²) in [5.41, 5.74) is -0.0784. The maximum atomic E-state index is 10.6. The summed E-state index contributed by atoms with van der Waals surface area (Å²) in [5.74, 6) is 0. The van der Waals surface area contributed by atoms with Crippen LogP contribution in [0.25, 0.3) is 0 Å². The van der Waals surface area contributed by atoms with Crippen LogP contribution in [-0.2, 0) is 0 Å². The minimum absolute atomic E-state index is 0. The molecule has 0 saturated carbocycles. The van der Waals surface area contributed by atoms with Gasteiger partial charge >= 0.3 is 114 Å². The number of nitro groups is 2. The van der Waals surface area contributed by atoms with Gasteiger partial charge in [0.2, 0.25) is 6.16 Å². The van der Waals surface area contributed by atoms with Crippen LogP contribution >= 0.6 is 36.0 Å². The van der Waals surface area contributed by atoms with E-state index >= 15 is 0 Å². The van der Waals surface area contributed by atoms with E-state index in [1.165, 1.54) is 30.2 Å². The smallest absolute Gasteiger partial charge is 0.565 e. The first-order valence-electron chi connectivity index (χ1n) is 8.36. The third-order valence-electron chi connectivity index (χ3n) is 2.27. The van der Waals surface area contributed by atoms with E-state index < -0.39 is 16.0 Å². The van der Waals surface area contributed by atoms with Crippen molar-refractivity contribution in [2.45, 2.75) is 43.1 Å². The number of thiol groups is 1. The van der Waals surface area contributed by atoms with Crippen LogP contribution in [0.2, 0.25) is 5.02 Å². The van der Waals surface area contributed by atoms with Crippen molar-refractivity contribution >= 4 is 53.5 Å². The molecule has 0 bridgehead atoms. The summed E-state index contributed by atoms with van der Waals surface area (Å²) < 4.78 is 0. The average Bonchev–Trinajstić information content (AvgIpc) is 2.61. The molecule has 0 amide bonds. The summed E-state index contributed by atoms with van der Waals surface area (Å²) in [6.45, 7) is 8.05. The average molecular weight is 572 g/mol. The molecular formula is C17H22ClK2N4O7S2+. The van der Waals surface area contributed by atoms with Gasteiger partial charge in [-0.3, -0.25) is 30.2 Å². The fourth-order valence-electron chi connectivity index (χ4n) is 1.37. The number of nitrogens with zero attached hydrogens (tertiary/aromatic N) is 4. The molecule has 0 atom stereocenters. The number of pyridine rings is 2. The Bertz CT molecular complexity index is 846. The van der Waals surface area contributed by atoms with Gasteiger partial charge in [-0.15, -0.1) is 11.8 Å². The van der Waals surface area contributed by atoms with Gasteiger partial charge in [0.25, 0.3) is 0 Å². The number of halogens is 1. The number of carboxylic acid groups (broad SMARTS) is 2. The zero-order valence-electron chi connectivity index (χ0n) is 19.0. The fraction of sp³-hybridized carbons (Fsp3) is 0.353. The van der Waals surface area contributed by atoms with Crippen molar-refractivity contribution in [3.8, 4) is 0 Å². The van der Waals surface area contributed by atoms with Gasteiger partial charge in [0.05, 0.1) is 14.7 Å². The molecule has 0 saturated heterocycles. The number of hydrogen-bond donors (Lipinski definition) is 2. The van der Waals surface area contributed by atoms with E-state index in [9.17, 15) is 20.2 Å². The Morgan fingerprint density at radius 1 is 1.03 bits per heavy atom. The Hall–Kier alpha value is 0.633. The molecule has 0 aliphatic rings. The number of carbonyl (C=O) groups is 1. The monoisotopic (exact) mass is 571 g/mol. The number of hydrogen-bond acceptors (Lipinski definition) is 10. The normalized spacial score (nSPS) is 8.73. The first-order chi connectivity index (χ1) is 14.3. The Kier molecular flexibility index (Phi) is 30.1.